The maximum atomic E-state index is 5.35. The second kappa shape index (κ2) is 9.22. The largest absolute Gasteiger partial charge is 0.497 e. The molecule has 0 bridgehead atoms. The van der Waals surface area contributed by atoms with Crippen molar-refractivity contribution in [3.63, 3.8) is 0 Å². The van der Waals surface area contributed by atoms with Gasteiger partial charge < -0.3 is 4.74 Å². The van der Waals surface area contributed by atoms with Gasteiger partial charge in [-0.05, 0) is 57.6 Å². The van der Waals surface area contributed by atoms with E-state index >= 15 is 0 Å². The molecule has 32 heavy (non-hydrogen) atoms. The molecule has 0 saturated heterocycles. The molecule has 0 amide bonds. The maximum Gasteiger partial charge on any atom is 0.118 e. The minimum Gasteiger partial charge on any atom is -0.497 e. The van der Waals surface area contributed by atoms with Crippen LogP contribution in [0, 0.1) is 0 Å². The summed E-state index contributed by atoms with van der Waals surface area (Å²) in [5.41, 5.74) is 7.39. The Balaban J connectivity index is 1.59. The predicted molar refractivity (Wildman–Crippen MR) is 137 cm³/mol. The van der Waals surface area contributed by atoms with Gasteiger partial charge in [0.05, 0.1) is 7.11 Å². The zero-order valence-electron chi connectivity index (χ0n) is 17.9. The van der Waals surface area contributed by atoms with Crippen LogP contribution < -0.4 is 4.74 Å². The summed E-state index contributed by atoms with van der Waals surface area (Å²) in [6.07, 6.45) is 0. The van der Waals surface area contributed by atoms with Crippen molar-refractivity contribution in [3.05, 3.63) is 121 Å². The second-order valence-corrected chi connectivity index (χ2v) is 8.85. The molecule has 0 aliphatic carbocycles. The maximum absolute atomic E-state index is 5.35. The number of ether oxygens (including phenoxy) is 1. The fourth-order valence-electron chi connectivity index (χ4n) is 3.85. The summed E-state index contributed by atoms with van der Waals surface area (Å²) in [6, 6.07) is 43.0. The number of rotatable bonds is 5. The number of methoxy groups -OCH3 is 1. The van der Waals surface area contributed by atoms with Gasteiger partial charge in [-0.25, -0.2) is 0 Å². The first-order chi connectivity index (χ1) is 15.8. The number of benzene rings is 4. The first kappa shape index (κ1) is 20.2. The van der Waals surface area contributed by atoms with E-state index in [0.29, 0.717) is 0 Å². The van der Waals surface area contributed by atoms with E-state index in [2.05, 4.69) is 109 Å². The molecule has 0 aliphatic rings. The van der Waals surface area contributed by atoms with Crippen molar-refractivity contribution in [2.45, 2.75) is 0 Å². The third-order valence-electron chi connectivity index (χ3n) is 5.61. The lowest BCUT2D eigenvalue weighted by Crippen LogP contribution is -1.85. The molecular formula is C30H23OP. The smallest absolute Gasteiger partial charge is 0.118 e. The van der Waals surface area contributed by atoms with Gasteiger partial charge in [-0.2, -0.15) is 0 Å². The Hall–Kier alpha value is -3.67. The molecule has 0 saturated carbocycles. The van der Waals surface area contributed by atoms with Crippen molar-refractivity contribution in [2.75, 3.05) is 7.11 Å². The highest BCUT2D eigenvalue weighted by atomic mass is 31.0. The van der Waals surface area contributed by atoms with E-state index in [0.717, 1.165) is 5.75 Å². The third kappa shape index (κ3) is 4.35. The van der Waals surface area contributed by atoms with Gasteiger partial charge in [0.15, 0.2) is 0 Å². The summed E-state index contributed by atoms with van der Waals surface area (Å²) in [7, 11) is 2.91. The van der Waals surface area contributed by atoms with Crippen molar-refractivity contribution in [1.82, 2.24) is 0 Å². The van der Waals surface area contributed by atoms with Crippen LogP contribution in [-0.2, 0) is 0 Å². The Morgan fingerprint density at radius 3 is 1.38 bits per heavy atom. The molecule has 1 nitrogen and oxygen atoms in total. The van der Waals surface area contributed by atoms with E-state index in [1.54, 1.807) is 7.11 Å². The monoisotopic (exact) mass is 430 g/mol. The fourth-order valence-corrected chi connectivity index (χ4v) is 5.07. The van der Waals surface area contributed by atoms with Crippen molar-refractivity contribution < 1.29 is 4.74 Å². The number of hydrogen-bond acceptors (Lipinski definition) is 1. The highest BCUT2D eigenvalue weighted by Crippen LogP contribution is 2.41. The van der Waals surface area contributed by atoms with Crippen LogP contribution >= 0.6 is 8.19 Å². The van der Waals surface area contributed by atoms with Gasteiger partial charge in [0.1, 0.15) is 5.75 Å². The molecule has 5 rings (SSSR count). The first-order valence-corrected chi connectivity index (χ1v) is 11.6. The van der Waals surface area contributed by atoms with E-state index in [9.17, 15) is 0 Å². The molecule has 0 N–H and O–H groups in total. The molecule has 0 radical (unpaired) electrons. The molecule has 2 heteroatoms. The molecule has 0 atom stereocenters. The number of hydrogen-bond donors (Lipinski definition) is 0. The van der Waals surface area contributed by atoms with Gasteiger partial charge in [-0.15, -0.1) is 0 Å². The lowest BCUT2D eigenvalue weighted by molar-refractivity contribution is 0.415. The van der Waals surface area contributed by atoms with E-state index < -0.39 is 0 Å². The summed E-state index contributed by atoms with van der Waals surface area (Å²) >= 11 is 0. The van der Waals surface area contributed by atoms with E-state index in [-0.39, 0.29) is 0 Å². The summed E-state index contributed by atoms with van der Waals surface area (Å²) in [4.78, 5) is 0. The molecule has 0 fully saturated rings. The van der Waals surface area contributed by atoms with Crippen LogP contribution in [0.3, 0.4) is 0 Å². The summed E-state index contributed by atoms with van der Waals surface area (Å²) in [5, 5.41) is 2.59. The Bertz CT molecular complexity index is 1310. The Kier molecular flexibility index (Phi) is 5.83. The molecule has 154 valence electrons. The van der Waals surface area contributed by atoms with Gasteiger partial charge in [0.2, 0.25) is 0 Å². The van der Waals surface area contributed by atoms with Crippen LogP contribution in [-0.4, -0.2) is 7.11 Å². The van der Waals surface area contributed by atoms with Crippen LogP contribution in [0.4, 0.5) is 0 Å². The standard InChI is InChI=1S/C30H23OP/c1-31-28-18-16-26(17-19-28)30-21-27(20-29(32-30)25-10-6-3-7-11-25)24-14-12-23(13-15-24)22-8-4-2-5-9-22/h2-21H,1H3. The molecule has 0 spiro atoms. The van der Waals surface area contributed by atoms with Crippen LogP contribution in [0.2, 0.25) is 0 Å². The highest BCUT2D eigenvalue weighted by molar-refractivity contribution is 7.37. The highest BCUT2D eigenvalue weighted by Gasteiger charge is 2.09. The average molecular weight is 430 g/mol. The molecule has 1 heterocycles. The predicted octanol–water partition coefficient (Wildman–Crippen LogP) is 8.94. The minimum atomic E-state index is 0.876. The molecule has 0 unspecified atom stereocenters. The van der Waals surface area contributed by atoms with Gasteiger partial charge in [0.25, 0.3) is 0 Å². The SMILES string of the molecule is COc1ccc(-c2cc(-c3ccc(-c4ccccc4)cc3)cc(-c3ccccc3)p2)cc1. The van der Waals surface area contributed by atoms with E-state index in [4.69, 9.17) is 4.74 Å². The Morgan fingerprint density at radius 1 is 0.438 bits per heavy atom. The van der Waals surface area contributed by atoms with Crippen LogP contribution in [0.1, 0.15) is 0 Å². The zero-order valence-corrected chi connectivity index (χ0v) is 18.8. The molecular weight excluding hydrogens is 407 g/mol. The van der Waals surface area contributed by atoms with Crippen molar-refractivity contribution in [3.8, 4) is 49.7 Å². The van der Waals surface area contributed by atoms with E-state index in [1.165, 1.54) is 52.2 Å². The zero-order chi connectivity index (χ0) is 21.8. The summed E-state index contributed by atoms with van der Waals surface area (Å²) in [5.74, 6) is 0.876. The lowest BCUT2D eigenvalue weighted by atomic mass is 9.99. The molecule has 4 aromatic carbocycles. The van der Waals surface area contributed by atoms with Crippen molar-refractivity contribution >= 4 is 8.19 Å². The fraction of sp³-hybridized carbons (Fsp3) is 0.0333. The molecule has 5 aromatic rings. The summed E-state index contributed by atoms with van der Waals surface area (Å²) < 4.78 is 5.35. The first-order valence-electron chi connectivity index (χ1n) is 10.7. The Labute approximate surface area is 191 Å². The van der Waals surface area contributed by atoms with Gasteiger partial charge in [-0.3, -0.25) is 0 Å². The normalized spacial score (nSPS) is 10.9. The molecule has 1 aromatic heterocycles. The second-order valence-electron chi connectivity index (χ2n) is 7.66. The van der Waals surface area contributed by atoms with Crippen molar-refractivity contribution in [1.29, 1.82) is 0 Å². The third-order valence-corrected chi connectivity index (χ3v) is 6.86. The topological polar surface area (TPSA) is 9.23 Å². The van der Waals surface area contributed by atoms with E-state index in [1.807, 2.05) is 12.1 Å². The molecule has 0 aliphatic heterocycles. The van der Waals surface area contributed by atoms with Crippen LogP contribution in [0.15, 0.2) is 121 Å². The van der Waals surface area contributed by atoms with Gasteiger partial charge in [0, 0.05) is 10.6 Å². The quantitative estimate of drug-likeness (QED) is 0.270. The lowest BCUT2D eigenvalue weighted by Gasteiger charge is -2.12. The Morgan fingerprint density at radius 2 is 0.844 bits per heavy atom. The van der Waals surface area contributed by atoms with Crippen LogP contribution in [0.5, 0.6) is 5.75 Å². The summed E-state index contributed by atoms with van der Waals surface area (Å²) in [6.45, 7) is 0. The average Bonchev–Trinajstić information content (AvgIpc) is 2.89. The van der Waals surface area contributed by atoms with Crippen molar-refractivity contribution in [2.24, 2.45) is 0 Å². The minimum absolute atomic E-state index is 0.876. The van der Waals surface area contributed by atoms with Gasteiger partial charge >= 0.3 is 0 Å². The van der Waals surface area contributed by atoms with Crippen LogP contribution in [0.25, 0.3) is 44.0 Å². The van der Waals surface area contributed by atoms with Gasteiger partial charge in [-0.1, -0.05) is 105 Å².